The van der Waals surface area contributed by atoms with E-state index in [0.717, 1.165) is 17.1 Å². The highest BCUT2D eigenvalue weighted by molar-refractivity contribution is 7.09. The zero-order valence-electron chi connectivity index (χ0n) is 11.6. The highest BCUT2D eigenvalue weighted by Crippen LogP contribution is 2.18. The summed E-state index contributed by atoms with van der Waals surface area (Å²) >= 11 is 1.65. The highest BCUT2D eigenvalue weighted by atomic mass is 32.1. The smallest absolute Gasteiger partial charge is 0.123 e. The molecule has 0 fully saturated rings. The summed E-state index contributed by atoms with van der Waals surface area (Å²) in [5.74, 6) is -0.295. The van der Waals surface area contributed by atoms with Crippen LogP contribution in [0, 0.1) is 5.82 Å². The molecule has 0 spiro atoms. The van der Waals surface area contributed by atoms with Crippen LogP contribution in [0.25, 0.3) is 0 Å². The van der Waals surface area contributed by atoms with Crippen LogP contribution >= 0.6 is 11.3 Å². The van der Waals surface area contributed by atoms with Crippen molar-refractivity contribution in [2.45, 2.75) is 32.4 Å². The summed E-state index contributed by atoms with van der Waals surface area (Å²) in [4.78, 5) is 4.52. The molecule has 2 rings (SSSR count). The molecule has 2 aromatic rings. The Morgan fingerprint density at radius 2 is 2.05 bits per heavy atom. The minimum Gasteiger partial charge on any atom is -0.387 e. The lowest BCUT2D eigenvalue weighted by molar-refractivity contribution is 0.170. The Balaban J connectivity index is 1.89. The molecule has 5 heteroatoms. The van der Waals surface area contributed by atoms with E-state index in [1.807, 2.05) is 12.3 Å². The first kappa shape index (κ1) is 15.1. The SMILES string of the molecule is CCc1nc([C@H](C)NC[C@@H](O)c2ccc(F)cc2)cs1. The number of hydrogen-bond acceptors (Lipinski definition) is 4. The largest absolute Gasteiger partial charge is 0.387 e. The lowest BCUT2D eigenvalue weighted by atomic mass is 10.1. The molecule has 1 heterocycles. The van der Waals surface area contributed by atoms with Gasteiger partial charge in [-0.05, 0) is 31.0 Å². The van der Waals surface area contributed by atoms with Gasteiger partial charge in [-0.3, -0.25) is 0 Å². The second kappa shape index (κ2) is 6.92. The van der Waals surface area contributed by atoms with Gasteiger partial charge in [-0.25, -0.2) is 9.37 Å². The maximum absolute atomic E-state index is 12.8. The molecule has 3 nitrogen and oxygen atoms in total. The van der Waals surface area contributed by atoms with Gasteiger partial charge in [0.1, 0.15) is 5.82 Å². The van der Waals surface area contributed by atoms with E-state index in [-0.39, 0.29) is 11.9 Å². The highest BCUT2D eigenvalue weighted by Gasteiger charge is 2.12. The van der Waals surface area contributed by atoms with Gasteiger partial charge in [0.2, 0.25) is 0 Å². The van der Waals surface area contributed by atoms with Gasteiger partial charge < -0.3 is 10.4 Å². The molecule has 1 aromatic carbocycles. The van der Waals surface area contributed by atoms with Crippen molar-refractivity contribution < 1.29 is 9.50 Å². The maximum Gasteiger partial charge on any atom is 0.123 e. The predicted octanol–water partition coefficient (Wildman–Crippen LogP) is 3.23. The van der Waals surface area contributed by atoms with Crippen LogP contribution in [0.1, 0.15) is 42.3 Å². The molecular formula is C15H19FN2OS. The quantitative estimate of drug-likeness (QED) is 0.860. The van der Waals surface area contributed by atoms with Crippen LogP contribution in [-0.2, 0) is 6.42 Å². The zero-order chi connectivity index (χ0) is 14.5. The normalized spacial score (nSPS) is 14.2. The number of aliphatic hydroxyl groups excluding tert-OH is 1. The zero-order valence-corrected chi connectivity index (χ0v) is 12.5. The molecule has 0 bridgehead atoms. The first-order valence-corrected chi connectivity index (χ1v) is 7.59. The molecule has 0 aliphatic carbocycles. The average Bonchev–Trinajstić information content (AvgIpc) is 2.94. The van der Waals surface area contributed by atoms with Crippen LogP contribution in [-0.4, -0.2) is 16.6 Å². The molecule has 0 unspecified atom stereocenters. The van der Waals surface area contributed by atoms with E-state index in [4.69, 9.17) is 0 Å². The van der Waals surface area contributed by atoms with Crippen LogP contribution in [0.15, 0.2) is 29.6 Å². The van der Waals surface area contributed by atoms with Crippen molar-refractivity contribution in [1.29, 1.82) is 0 Å². The molecule has 0 amide bonds. The van der Waals surface area contributed by atoms with E-state index in [9.17, 15) is 9.50 Å². The molecule has 2 atom stereocenters. The van der Waals surface area contributed by atoms with Crippen molar-refractivity contribution in [2.75, 3.05) is 6.54 Å². The molecule has 2 N–H and O–H groups in total. The molecule has 0 saturated heterocycles. The van der Waals surface area contributed by atoms with E-state index < -0.39 is 6.10 Å². The van der Waals surface area contributed by atoms with Crippen molar-refractivity contribution in [3.63, 3.8) is 0 Å². The monoisotopic (exact) mass is 294 g/mol. The Morgan fingerprint density at radius 3 is 2.65 bits per heavy atom. The van der Waals surface area contributed by atoms with Gasteiger partial charge in [0.05, 0.1) is 16.8 Å². The van der Waals surface area contributed by atoms with Crippen molar-refractivity contribution in [3.8, 4) is 0 Å². The second-order valence-electron chi connectivity index (χ2n) is 4.72. The Bertz CT molecular complexity index is 541. The minimum atomic E-state index is -0.651. The Kier molecular flexibility index (Phi) is 5.23. The summed E-state index contributed by atoms with van der Waals surface area (Å²) in [5.41, 5.74) is 1.71. The number of nitrogens with one attached hydrogen (secondary N) is 1. The molecule has 0 radical (unpaired) electrons. The van der Waals surface area contributed by atoms with Crippen molar-refractivity contribution in [1.82, 2.24) is 10.3 Å². The summed E-state index contributed by atoms with van der Waals surface area (Å²) in [6, 6.07) is 6.00. The first-order chi connectivity index (χ1) is 9.60. The predicted molar refractivity (Wildman–Crippen MR) is 79.3 cm³/mol. The molecule has 0 aliphatic heterocycles. The van der Waals surface area contributed by atoms with Crippen molar-refractivity contribution in [3.05, 3.63) is 51.7 Å². The van der Waals surface area contributed by atoms with E-state index in [2.05, 4.69) is 17.2 Å². The van der Waals surface area contributed by atoms with E-state index in [1.54, 1.807) is 23.5 Å². The van der Waals surface area contributed by atoms with Gasteiger partial charge in [-0.15, -0.1) is 11.3 Å². The number of benzene rings is 1. The Hall–Kier alpha value is -1.30. The van der Waals surface area contributed by atoms with E-state index >= 15 is 0 Å². The van der Waals surface area contributed by atoms with Crippen LogP contribution in [0.4, 0.5) is 4.39 Å². The van der Waals surface area contributed by atoms with Crippen molar-refractivity contribution in [2.24, 2.45) is 0 Å². The molecule has 20 heavy (non-hydrogen) atoms. The maximum atomic E-state index is 12.8. The summed E-state index contributed by atoms with van der Waals surface area (Å²) in [5, 5.41) is 16.5. The first-order valence-electron chi connectivity index (χ1n) is 6.71. The minimum absolute atomic E-state index is 0.0849. The molecule has 0 saturated carbocycles. The van der Waals surface area contributed by atoms with Crippen LogP contribution in [0.5, 0.6) is 0 Å². The number of halogens is 1. The summed E-state index contributed by atoms with van der Waals surface area (Å²) in [6.07, 6.45) is 0.289. The van der Waals surface area contributed by atoms with Gasteiger partial charge in [0.25, 0.3) is 0 Å². The van der Waals surface area contributed by atoms with E-state index in [1.165, 1.54) is 12.1 Å². The number of hydrogen-bond donors (Lipinski definition) is 2. The Morgan fingerprint density at radius 1 is 1.35 bits per heavy atom. The second-order valence-corrected chi connectivity index (χ2v) is 5.66. The van der Waals surface area contributed by atoms with Crippen LogP contribution in [0.3, 0.4) is 0 Å². The van der Waals surface area contributed by atoms with Crippen LogP contribution < -0.4 is 5.32 Å². The molecule has 108 valence electrons. The third kappa shape index (κ3) is 3.85. The lowest BCUT2D eigenvalue weighted by Gasteiger charge is -2.16. The fraction of sp³-hybridized carbons (Fsp3) is 0.400. The summed E-state index contributed by atoms with van der Waals surface area (Å²) in [7, 11) is 0. The number of aryl methyl sites for hydroxylation is 1. The average molecular weight is 294 g/mol. The van der Waals surface area contributed by atoms with Gasteiger partial charge >= 0.3 is 0 Å². The fourth-order valence-electron chi connectivity index (χ4n) is 1.88. The van der Waals surface area contributed by atoms with Gasteiger partial charge in [0.15, 0.2) is 0 Å². The third-order valence-electron chi connectivity index (χ3n) is 3.19. The molecule has 0 aliphatic rings. The van der Waals surface area contributed by atoms with Crippen LogP contribution in [0.2, 0.25) is 0 Å². The molecular weight excluding hydrogens is 275 g/mol. The third-order valence-corrected chi connectivity index (χ3v) is 4.20. The van der Waals surface area contributed by atoms with E-state index in [0.29, 0.717) is 12.1 Å². The number of aromatic nitrogens is 1. The van der Waals surface area contributed by atoms with Gasteiger partial charge in [-0.2, -0.15) is 0 Å². The fourth-order valence-corrected chi connectivity index (χ4v) is 2.72. The summed E-state index contributed by atoms with van der Waals surface area (Å²) in [6.45, 7) is 4.51. The van der Waals surface area contributed by atoms with Crippen molar-refractivity contribution >= 4 is 11.3 Å². The number of thiazole rings is 1. The topological polar surface area (TPSA) is 45.2 Å². The number of aliphatic hydroxyl groups is 1. The Labute approximate surface area is 122 Å². The number of nitrogens with zero attached hydrogens (tertiary/aromatic N) is 1. The molecule has 1 aromatic heterocycles. The van der Waals surface area contributed by atoms with Gasteiger partial charge in [-0.1, -0.05) is 19.1 Å². The lowest BCUT2D eigenvalue weighted by Crippen LogP contribution is -2.25. The standard InChI is InChI=1S/C15H19FN2OS/c1-3-15-18-13(9-20-15)10(2)17-8-14(19)11-4-6-12(16)7-5-11/h4-7,9-10,14,17,19H,3,8H2,1-2H3/t10-,14+/m0/s1. The van der Waals surface area contributed by atoms with Gasteiger partial charge in [0, 0.05) is 18.0 Å². The number of rotatable bonds is 6. The summed E-state index contributed by atoms with van der Waals surface area (Å²) < 4.78 is 12.8.